The zero-order valence-corrected chi connectivity index (χ0v) is 35.8. The Morgan fingerprint density at radius 2 is 1.61 bits per heavy atom. The largest absolute Gasteiger partial charge is 0.480 e. The number of unbranched alkanes of at least 4 members (excludes halogenated alkanes) is 1. The Morgan fingerprint density at radius 1 is 0.903 bits per heavy atom. The summed E-state index contributed by atoms with van der Waals surface area (Å²) in [6, 6.07) is 3.92. The van der Waals surface area contributed by atoms with Gasteiger partial charge in [0.05, 0.1) is 32.7 Å². The Balaban J connectivity index is 1.25. The molecule has 3 aliphatic heterocycles. The Labute approximate surface area is 360 Å². The minimum Gasteiger partial charge on any atom is -0.480 e. The number of amides is 5. The fourth-order valence-corrected chi connectivity index (χ4v) is 6.89. The van der Waals surface area contributed by atoms with Gasteiger partial charge in [-0.15, -0.1) is 0 Å². The number of fused-ring (bicyclic) bond motifs is 1. The van der Waals surface area contributed by atoms with Gasteiger partial charge in [0.25, 0.3) is 17.7 Å². The van der Waals surface area contributed by atoms with Crippen molar-refractivity contribution in [3.8, 4) is 0 Å². The number of aliphatic carboxylic acids is 1. The summed E-state index contributed by atoms with van der Waals surface area (Å²) >= 11 is 0. The number of carboxylic acids is 1. The molecule has 3 aliphatic rings. The molecule has 21 heteroatoms. The SMILES string of the molecule is CCN(C)CC(=O)OC1OC(=O)CN(C)CCN(CCN(CC)CC(=O)N2CCc3c(cccc3C(=O)NCC(=O)N[C@@H](CCCCN3C(=O)C=CC3=O)C(=O)O)C2)CC(=O)O1. The summed E-state index contributed by atoms with van der Waals surface area (Å²) in [5, 5.41) is 14.6. The standard InChI is InChI=1S/C41H58N8O13/c1-5-44(3)25-36(54)60-41-61-37(55)26-45(4)18-19-47(27-38(56)62-41)21-20-46(6-2)24-35(53)48-17-15-29-28(23-48)10-9-11-30(29)39(57)42-22-32(50)43-31(40(58)59)12-7-8-16-49-33(51)13-14-34(49)52/h9-11,13-14,31,41H,5-8,12,15-27H2,1-4H3,(H,42,57)(H,43,50)(H,58,59)/t31-,41?/m0/s1. The molecule has 340 valence electrons. The van der Waals surface area contributed by atoms with Gasteiger partial charge >= 0.3 is 30.4 Å². The normalized spacial score (nSPS) is 18.2. The van der Waals surface area contributed by atoms with Crippen molar-refractivity contribution in [2.24, 2.45) is 0 Å². The number of ether oxygens (including phenoxy) is 3. The molecule has 3 heterocycles. The second-order valence-corrected chi connectivity index (χ2v) is 15.3. The summed E-state index contributed by atoms with van der Waals surface area (Å²) in [5.74, 6) is -5.66. The number of imide groups is 1. The molecule has 1 fully saturated rings. The van der Waals surface area contributed by atoms with Crippen LogP contribution in [0, 0.1) is 0 Å². The van der Waals surface area contributed by atoms with Crippen LogP contribution in [0.1, 0.15) is 54.6 Å². The summed E-state index contributed by atoms with van der Waals surface area (Å²) in [5.41, 5.74) is 1.86. The fourth-order valence-electron chi connectivity index (χ4n) is 6.89. The number of esters is 3. The maximum atomic E-state index is 13.6. The number of carbonyl (C=O) groups excluding carboxylic acids is 8. The number of carboxylic acid groups (broad SMARTS) is 1. The Hall–Kier alpha value is -5.77. The maximum Gasteiger partial charge on any atom is 0.412 e. The predicted octanol–water partition coefficient (Wildman–Crippen LogP) is -1.60. The molecule has 5 amide bonds. The smallest absolute Gasteiger partial charge is 0.412 e. The zero-order valence-electron chi connectivity index (χ0n) is 35.8. The van der Waals surface area contributed by atoms with E-state index in [1.54, 1.807) is 40.9 Å². The van der Waals surface area contributed by atoms with E-state index in [9.17, 15) is 48.3 Å². The van der Waals surface area contributed by atoms with Crippen molar-refractivity contribution < 1.29 is 62.5 Å². The number of likely N-dealkylation sites (N-methyl/N-ethyl adjacent to an activating group) is 3. The van der Waals surface area contributed by atoms with Gasteiger partial charge in [0, 0.05) is 63.5 Å². The van der Waals surface area contributed by atoms with Crippen LogP contribution >= 0.6 is 0 Å². The third-order valence-corrected chi connectivity index (χ3v) is 10.6. The molecule has 1 aromatic rings. The highest BCUT2D eigenvalue weighted by Crippen LogP contribution is 2.23. The van der Waals surface area contributed by atoms with Crippen molar-refractivity contribution in [1.29, 1.82) is 0 Å². The van der Waals surface area contributed by atoms with Crippen molar-refractivity contribution in [3.63, 3.8) is 0 Å². The third-order valence-electron chi connectivity index (χ3n) is 10.6. The highest BCUT2D eigenvalue weighted by molar-refractivity contribution is 6.12. The monoisotopic (exact) mass is 870 g/mol. The molecular formula is C41H58N8O13. The molecule has 0 spiro atoms. The molecule has 0 bridgehead atoms. The van der Waals surface area contributed by atoms with Crippen molar-refractivity contribution >= 4 is 53.4 Å². The first-order valence-electron chi connectivity index (χ1n) is 20.7. The van der Waals surface area contributed by atoms with E-state index in [1.807, 2.05) is 29.7 Å². The molecule has 2 atom stereocenters. The summed E-state index contributed by atoms with van der Waals surface area (Å²) in [7, 11) is 3.42. The molecule has 4 rings (SSSR count). The fraction of sp³-hybridized carbons (Fsp3) is 0.585. The van der Waals surface area contributed by atoms with Gasteiger partial charge in [-0.05, 0) is 70.1 Å². The van der Waals surface area contributed by atoms with Crippen LogP contribution in [0.5, 0.6) is 0 Å². The van der Waals surface area contributed by atoms with E-state index in [1.165, 1.54) is 12.2 Å². The van der Waals surface area contributed by atoms with Crippen LogP contribution in [-0.2, 0) is 65.5 Å². The Kier molecular flexibility index (Phi) is 18.9. The van der Waals surface area contributed by atoms with Gasteiger partial charge in [-0.2, -0.15) is 0 Å². The lowest BCUT2D eigenvalue weighted by Gasteiger charge is -2.32. The Morgan fingerprint density at radius 3 is 2.29 bits per heavy atom. The molecule has 3 N–H and O–H groups in total. The molecule has 62 heavy (non-hydrogen) atoms. The van der Waals surface area contributed by atoms with Gasteiger partial charge < -0.3 is 34.9 Å². The topological polar surface area (TPSA) is 245 Å². The molecule has 1 saturated heterocycles. The van der Waals surface area contributed by atoms with Crippen LogP contribution in [0.15, 0.2) is 30.4 Å². The van der Waals surface area contributed by atoms with E-state index in [4.69, 9.17) is 14.2 Å². The van der Waals surface area contributed by atoms with E-state index in [0.717, 1.165) is 16.0 Å². The average molecular weight is 871 g/mol. The van der Waals surface area contributed by atoms with Crippen LogP contribution in [0.3, 0.4) is 0 Å². The van der Waals surface area contributed by atoms with E-state index >= 15 is 0 Å². The van der Waals surface area contributed by atoms with E-state index < -0.39 is 66.6 Å². The summed E-state index contributed by atoms with van der Waals surface area (Å²) < 4.78 is 15.5. The van der Waals surface area contributed by atoms with Gasteiger partial charge in [0.1, 0.15) is 6.04 Å². The lowest BCUT2D eigenvalue weighted by molar-refractivity contribution is -0.258. The van der Waals surface area contributed by atoms with Crippen molar-refractivity contribution in [3.05, 3.63) is 47.0 Å². The number of rotatable bonds is 20. The number of nitrogens with one attached hydrogen (secondary N) is 2. The zero-order chi connectivity index (χ0) is 45.3. The molecular weight excluding hydrogens is 812 g/mol. The van der Waals surface area contributed by atoms with Gasteiger partial charge in [0.2, 0.25) is 11.8 Å². The van der Waals surface area contributed by atoms with Crippen LogP contribution in [0.4, 0.5) is 0 Å². The number of cyclic esters (lactones) is 2. The quantitative estimate of drug-likeness (QED) is 0.0759. The lowest BCUT2D eigenvalue weighted by Crippen LogP contribution is -2.46. The molecule has 0 aromatic heterocycles. The maximum absolute atomic E-state index is 13.6. The Bertz CT molecular complexity index is 1840. The third kappa shape index (κ3) is 15.3. The number of hydrogen-bond donors (Lipinski definition) is 3. The molecule has 0 saturated carbocycles. The first kappa shape index (κ1) is 48.9. The van der Waals surface area contributed by atoms with Crippen LogP contribution in [-0.4, -0.2) is 200 Å². The highest BCUT2D eigenvalue weighted by atomic mass is 16.9. The molecule has 21 nitrogen and oxygen atoms in total. The number of hydrogen-bond acceptors (Lipinski definition) is 16. The van der Waals surface area contributed by atoms with Crippen LogP contribution < -0.4 is 10.6 Å². The first-order chi connectivity index (χ1) is 29.6. The molecule has 0 aliphatic carbocycles. The summed E-state index contributed by atoms with van der Waals surface area (Å²) in [6.07, 6.45) is 3.46. The van der Waals surface area contributed by atoms with Crippen LogP contribution in [0.25, 0.3) is 0 Å². The van der Waals surface area contributed by atoms with Crippen LogP contribution in [0.2, 0.25) is 0 Å². The predicted molar refractivity (Wildman–Crippen MR) is 218 cm³/mol. The second kappa shape index (κ2) is 24.0. The van der Waals surface area contributed by atoms with Gasteiger partial charge in [-0.25, -0.2) is 4.79 Å². The van der Waals surface area contributed by atoms with E-state index in [-0.39, 0.29) is 51.6 Å². The first-order valence-corrected chi connectivity index (χ1v) is 20.7. The minimum atomic E-state index is -1.83. The number of nitrogens with zero attached hydrogens (tertiary/aromatic N) is 6. The van der Waals surface area contributed by atoms with E-state index in [0.29, 0.717) is 70.6 Å². The second-order valence-electron chi connectivity index (χ2n) is 15.3. The number of benzene rings is 1. The summed E-state index contributed by atoms with van der Waals surface area (Å²) in [4.78, 5) is 122. The van der Waals surface area contributed by atoms with Gasteiger partial charge in [0.15, 0.2) is 0 Å². The van der Waals surface area contributed by atoms with E-state index in [2.05, 4.69) is 10.6 Å². The molecule has 1 aromatic carbocycles. The highest BCUT2D eigenvalue weighted by Gasteiger charge is 2.30. The van der Waals surface area contributed by atoms with Crippen molar-refractivity contribution in [2.45, 2.75) is 58.6 Å². The molecule has 0 radical (unpaired) electrons. The minimum absolute atomic E-state index is 0.0579. The molecule has 1 unspecified atom stereocenters. The van der Waals surface area contributed by atoms with Gasteiger partial charge in [-0.1, -0.05) is 26.0 Å². The van der Waals surface area contributed by atoms with Crippen molar-refractivity contribution in [2.75, 3.05) is 99.2 Å². The number of carbonyl (C=O) groups is 9. The van der Waals surface area contributed by atoms with Crippen molar-refractivity contribution in [1.82, 2.24) is 40.0 Å². The average Bonchev–Trinajstić information content (AvgIpc) is 3.54. The van der Waals surface area contributed by atoms with Gasteiger partial charge in [-0.3, -0.25) is 62.9 Å². The summed E-state index contributed by atoms with van der Waals surface area (Å²) in [6.45, 7) is 4.62. The lowest BCUT2D eigenvalue weighted by atomic mass is 9.94.